The molecule has 2 fully saturated rings. The van der Waals surface area contributed by atoms with E-state index in [0.717, 1.165) is 25.9 Å². The Kier molecular flexibility index (Phi) is 5.46. The lowest BCUT2D eigenvalue weighted by Gasteiger charge is -2.44. The summed E-state index contributed by atoms with van der Waals surface area (Å²) in [6, 6.07) is 1.13. The first-order chi connectivity index (χ1) is 8.74. The Hall–Kier alpha value is -0.120. The van der Waals surface area contributed by atoms with Crippen LogP contribution in [0.25, 0.3) is 0 Å². The number of ether oxygens (including phenoxy) is 1. The summed E-state index contributed by atoms with van der Waals surface area (Å²) in [6.45, 7) is 3.47. The summed E-state index contributed by atoms with van der Waals surface area (Å²) in [6.07, 6.45) is 10.9. The molecule has 18 heavy (non-hydrogen) atoms. The smallest absolute Gasteiger partial charge is 0.0697 e. The quantitative estimate of drug-likeness (QED) is 0.793. The second-order valence-corrected chi connectivity index (χ2v) is 6.22. The second-order valence-electron chi connectivity index (χ2n) is 6.22. The van der Waals surface area contributed by atoms with Crippen molar-refractivity contribution in [3.05, 3.63) is 0 Å². The Morgan fingerprint density at radius 2 is 2.11 bits per heavy atom. The third-order valence-corrected chi connectivity index (χ3v) is 4.57. The van der Waals surface area contributed by atoms with Gasteiger partial charge in [-0.3, -0.25) is 0 Å². The fourth-order valence-electron chi connectivity index (χ4n) is 3.60. The van der Waals surface area contributed by atoms with Gasteiger partial charge in [0.05, 0.1) is 5.60 Å². The average Bonchev–Trinajstić information content (AvgIpc) is 2.37. The minimum atomic E-state index is 0.199. The van der Waals surface area contributed by atoms with Gasteiger partial charge in [0.15, 0.2) is 0 Å². The van der Waals surface area contributed by atoms with Crippen LogP contribution in [0, 0.1) is 0 Å². The molecule has 1 saturated heterocycles. The van der Waals surface area contributed by atoms with Gasteiger partial charge in [-0.05, 0) is 45.4 Å². The van der Waals surface area contributed by atoms with E-state index in [0.29, 0.717) is 18.7 Å². The summed E-state index contributed by atoms with van der Waals surface area (Å²) < 4.78 is 6.12. The molecule has 0 aromatic heterocycles. The summed E-state index contributed by atoms with van der Waals surface area (Å²) >= 11 is 0. The predicted molar refractivity (Wildman–Crippen MR) is 73.7 cm³/mol. The Balaban J connectivity index is 1.79. The van der Waals surface area contributed by atoms with Gasteiger partial charge in [0, 0.05) is 25.3 Å². The molecular formula is C15H29NO2. The lowest BCUT2D eigenvalue weighted by molar-refractivity contribution is -0.110. The topological polar surface area (TPSA) is 41.5 Å². The maximum absolute atomic E-state index is 8.87. The van der Waals surface area contributed by atoms with Gasteiger partial charge >= 0.3 is 0 Å². The highest BCUT2D eigenvalue weighted by atomic mass is 16.5. The van der Waals surface area contributed by atoms with Crippen LogP contribution in [0.5, 0.6) is 0 Å². The van der Waals surface area contributed by atoms with E-state index >= 15 is 0 Å². The maximum Gasteiger partial charge on any atom is 0.0697 e. The van der Waals surface area contributed by atoms with Crippen molar-refractivity contribution < 1.29 is 9.84 Å². The first-order valence-corrected chi connectivity index (χ1v) is 7.75. The van der Waals surface area contributed by atoms with E-state index in [1.165, 1.54) is 38.5 Å². The molecule has 3 heteroatoms. The largest absolute Gasteiger partial charge is 0.396 e. The molecule has 1 aliphatic carbocycles. The summed E-state index contributed by atoms with van der Waals surface area (Å²) in [5.74, 6) is 0. The van der Waals surface area contributed by atoms with E-state index in [1.807, 2.05) is 0 Å². The van der Waals surface area contributed by atoms with Crippen LogP contribution in [0.2, 0.25) is 0 Å². The zero-order valence-corrected chi connectivity index (χ0v) is 11.8. The molecule has 2 rings (SSSR count). The van der Waals surface area contributed by atoms with E-state index in [-0.39, 0.29) is 5.60 Å². The van der Waals surface area contributed by atoms with Crippen LogP contribution in [-0.4, -0.2) is 36.0 Å². The number of aliphatic hydroxyl groups is 1. The molecule has 0 radical (unpaired) electrons. The molecule has 1 aliphatic heterocycles. The molecule has 0 aromatic carbocycles. The average molecular weight is 255 g/mol. The lowest BCUT2D eigenvalue weighted by atomic mass is 9.78. The van der Waals surface area contributed by atoms with Gasteiger partial charge in [-0.2, -0.15) is 0 Å². The second kappa shape index (κ2) is 6.88. The first kappa shape index (κ1) is 14.3. The SMILES string of the molecule is CC(CCCO)NC1CCOC2(CCCCC2)C1. The van der Waals surface area contributed by atoms with Gasteiger partial charge < -0.3 is 15.2 Å². The number of rotatable bonds is 5. The molecule has 2 unspecified atom stereocenters. The summed E-state index contributed by atoms with van der Waals surface area (Å²) in [5.41, 5.74) is 0.199. The van der Waals surface area contributed by atoms with Crippen LogP contribution in [0.4, 0.5) is 0 Å². The number of nitrogens with one attached hydrogen (secondary N) is 1. The van der Waals surface area contributed by atoms with Crippen LogP contribution < -0.4 is 5.32 Å². The van der Waals surface area contributed by atoms with Crippen molar-refractivity contribution in [1.29, 1.82) is 0 Å². The van der Waals surface area contributed by atoms with Crippen molar-refractivity contribution in [3.8, 4) is 0 Å². The Labute approximate surface area is 111 Å². The highest BCUT2D eigenvalue weighted by Crippen LogP contribution is 2.38. The molecule has 0 amide bonds. The monoisotopic (exact) mass is 255 g/mol. The minimum Gasteiger partial charge on any atom is -0.396 e. The third-order valence-electron chi connectivity index (χ3n) is 4.57. The zero-order valence-electron chi connectivity index (χ0n) is 11.8. The standard InChI is InChI=1S/C15H29NO2/c1-13(6-5-10-17)16-14-7-11-18-15(12-14)8-3-2-4-9-15/h13-14,16-17H,2-12H2,1H3. The molecule has 1 saturated carbocycles. The molecule has 2 N–H and O–H groups in total. The summed E-state index contributed by atoms with van der Waals surface area (Å²) in [5, 5.41) is 12.6. The van der Waals surface area contributed by atoms with Crippen LogP contribution in [-0.2, 0) is 4.74 Å². The van der Waals surface area contributed by atoms with E-state index in [1.54, 1.807) is 0 Å². The van der Waals surface area contributed by atoms with Gasteiger partial charge in [-0.15, -0.1) is 0 Å². The van der Waals surface area contributed by atoms with Gasteiger partial charge in [-0.25, -0.2) is 0 Å². The summed E-state index contributed by atoms with van der Waals surface area (Å²) in [4.78, 5) is 0. The van der Waals surface area contributed by atoms with Gasteiger partial charge in [0.25, 0.3) is 0 Å². The van der Waals surface area contributed by atoms with Crippen LogP contribution in [0.1, 0.15) is 64.7 Å². The highest BCUT2D eigenvalue weighted by molar-refractivity contribution is 4.92. The van der Waals surface area contributed by atoms with Crippen molar-refractivity contribution in [2.45, 2.75) is 82.4 Å². The number of aliphatic hydroxyl groups excluding tert-OH is 1. The minimum absolute atomic E-state index is 0.199. The third kappa shape index (κ3) is 3.94. The summed E-state index contributed by atoms with van der Waals surface area (Å²) in [7, 11) is 0. The highest BCUT2D eigenvalue weighted by Gasteiger charge is 2.38. The Morgan fingerprint density at radius 3 is 2.83 bits per heavy atom. The van der Waals surface area contributed by atoms with Crippen LogP contribution in [0.15, 0.2) is 0 Å². The van der Waals surface area contributed by atoms with E-state index < -0.39 is 0 Å². The Bertz CT molecular complexity index is 233. The fraction of sp³-hybridized carbons (Fsp3) is 1.00. The Morgan fingerprint density at radius 1 is 1.33 bits per heavy atom. The van der Waals surface area contributed by atoms with E-state index in [2.05, 4.69) is 12.2 Å². The van der Waals surface area contributed by atoms with Crippen molar-refractivity contribution in [1.82, 2.24) is 5.32 Å². The van der Waals surface area contributed by atoms with Crippen molar-refractivity contribution >= 4 is 0 Å². The lowest BCUT2D eigenvalue weighted by Crippen LogP contribution is -2.50. The molecule has 0 aromatic rings. The van der Waals surface area contributed by atoms with Gasteiger partial charge in [0.2, 0.25) is 0 Å². The van der Waals surface area contributed by atoms with Crippen molar-refractivity contribution in [2.75, 3.05) is 13.2 Å². The molecular weight excluding hydrogens is 226 g/mol. The van der Waals surface area contributed by atoms with E-state index in [9.17, 15) is 0 Å². The predicted octanol–water partition coefficient (Wildman–Crippen LogP) is 2.62. The van der Waals surface area contributed by atoms with Crippen molar-refractivity contribution in [2.24, 2.45) is 0 Å². The zero-order chi connectivity index (χ0) is 12.8. The molecule has 2 atom stereocenters. The molecule has 1 heterocycles. The molecule has 3 nitrogen and oxygen atoms in total. The van der Waals surface area contributed by atoms with E-state index in [4.69, 9.17) is 9.84 Å². The maximum atomic E-state index is 8.87. The van der Waals surface area contributed by atoms with Crippen LogP contribution in [0.3, 0.4) is 0 Å². The first-order valence-electron chi connectivity index (χ1n) is 7.75. The fourth-order valence-corrected chi connectivity index (χ4v) is 3.60. The number of hydrogen-bond acceptors (Lipinski definition) is 3. The van der Waals surface area contributed by atoms with Crippen molar-refractivity contribution in [3.63, 3.8) is 0 Å². The van der Waals surface area contributed by atoms with Gasteiger partial charge in [-0.1, -0.05) is 19.3 Å². The molecule has 0 bridgehead atoms. The van der Waals surface area contributed by atoms with Gasteiger partial charge in [0.1, 0.15) is 0 Å². The normalized spacial score (nSPS) is 29.3. The molecule has 106 valence electrons. The molecule has 2 aliphatic rings. The number of hydrogen-bond donors (Lipinski definition) is 2. The van der Waals surface area contributed by atoms with Crippen LogP contribution >= 0.6 is 0 Å². The molecule has 1 spiro atoms.